The molecule has 9 nitrogen and oxygen atoms in total. The highest BCUT2D eigenvalue weighted by Gasteiger charge is 2.51. The first kappa shape index (κ1) is 21.2. The van der Waals surface area contributed by atoms with Gasteiger partial charge in [-0.05, 0) is 6.26 Å². The molecule has 1 aliphatic rings. The average molecular weight is 378 g/mol. The Labute approximate surface area is 149 Å². The lowest BCUT2D eigenvalue weighted by Crippen LogP contribution is -2.61. The van der Waals surface area contributed by atoms with E-state index in [1.807, 2.05) is 0 Å². The van der Waals surface area contributed by atoms with Gasteiger partial charge in [0, 0.05) is 27.7 Å². The average Bonchev–Trinajstić information content (AvgIpc) is 2.48. The van der Waals surface area contributed by atoms with Crippen LogP contribution in [0.1, 0.15) is 27.7 Å². The fourth-order valence-corrected chi connectivity index (χ4v) is 3.11. The summed E-state index contributed by atoms with van der Waals surface area (Å²) >= 11 is 1.21. The maximum Gasteiger partial charge on any atom is 0.303 e. The number of rotatable bonds is 6. The Bertz CT molecular complexity index is 521. The van der Waals surface area contributed by atoms with Crippen LogP contribution in [0.4, 0.5) is 0 Å². The number of carbonyl (C=O) groups is 4. The van der Waals surface area contributed by atoms with Gasteiger partial charge in [-0.15, -0.1) is 11.8 Å². The fraction of sp³-hybridized carbons (Fsp3) is 0.733. The summed E-state index contributed by atoms with van der Waals surface area (Å²) in [6, 6.07) is 0. The maximum absolute atomic E-state index is 11.5. The van der Waals surface area contributed by atoms with Crippen LogP contribution in [0.25, 0.3) is 0 Å². The van der Waals surface area contributed by atoms with Gasteiger partial charge in [0.05, 0.1) is 0 Å². The molecule has 0 aromatic heterocycles. The lowest BCUT2D eigenvalue weighted by Gasteiger charge is -2.43. The molecule has 1 fully saturated rings. The van der Waals surface area contributed by atoms with Crippen LogP contribution in [0.3, 0.4) is 0 Å². The first-order chi connectivity index (χ1) is 11.6. The van der Waals surface area contributed by atoms with Crippen molar-refractivity contribution < 1.29 is 42.9 Å². The van der Waals surface area contributed by atoms with Crippen molar-refractivity contribution >= 4 is 35.6 Å². The van der Waals surface area contributed by atoms with Gasteiger partial charge in [-0.2, -0.15) is 0 Å². The van der Waals surface area contributed by atoms with E-state index < -0.39 is 53.7 Å². The second kappa shape index (κ2) is 9.62. The molecule has 0 saturated carbocycles. The van der Waals surface area contributed by atoms with Gasteiger partial charge in [0.2, 0.25) is 0 Å². The van der Waals surface area contributed by atoms with Crippen LogP contribution in [0.2, 0.25) is 0 Å². The van der Waals surface area contributed by atoms with E-state index in [2.05, 4.69) is 0 Å². The molecule has 0 aliphatic carbocycles. The molecular formula is C15H22O9S. The number of thioether (sulfide) groups is 1. The molecule has 1 rings (SSSR count). The van der Waals surface area contributed by atoms with Crippen LogP contribution in [0, 0.1) is 0 Å². The highest BCUT2D eigenvalue weighted by atomic mass is 32.2. The second-order valence-corrected chi connectivity index (χ2v) is 6.24. The predicted molar refractivity (Wildman–Crippen MR) is 85.5 cm³/mol. The van der Waals surface area contributed by atoms with Gasteiger partial charge in [-0.25, -0.2) is 0 Å². The molecule has 10 heteroatoms. The van der Waals surface area contributed by atoms with E-state index in [1.165, 1.54) is 39.5 Å². The van der Waals surface area contributed by atoms with E-state index in [9.17, 15) is 19.2 Å². The standard InChI is InChI=1S/C15H22O9S/c1-7(16)20-6-11-12(21-8(2)17)13(22-9(3)18)14(23-10(4)19)15(24-11)25-5/h11-15H,6H2,1-5H3/t11-,12+,13+,14-,15?/m1/s1. The molecule has 1 unspecified atom stereocenters. The summed E-state index contributed by atoms with van der Waals surface area (Å²) in [7, 11) is 0. The van der Waals surface area contributed by atoms with Gasteiger partial charge in [0.15, 0.2) is 18.3 Å². The minimum absolute atomic E-state index is 0.213. The zero-order valence-corrected chi connectivity index (χ0v) is 15.5. The van der Waals surface area contributed by atoms with Crippen molar-refractivity contribution in [2.45, 2.75) is 57.5 Å². The molecule has 0 aromatic carbocycles. The lowest BCUT2D eigenvalue weighted by atomic mass is 9.99. The summed E-state index contributed by atoms with van der Waals surface area (Å²) in [5.41, 5.74) is -0.708. The number of carbonyl (C=O) groups excluding carboxylic acids is 4. The Morgan fingerprint density at radius 2 is 1.28 bits per heavy atom. The molecule has 0 amide bonds. The quantitative estimate of drug-likeness (QED) is 0.476. The first-order valence-corrected chi connectivity index (χ1v) is 8.77. The normalized spacial score (nSPS) is 28.6. The molecule has 0 aromatic rings. The Balaban J connectivity index is 3.18. The Hall–Kier alpha value is -1.81. The van der Waals surface area contributed by atoms with Crippen LogP contribution >= 0.6 is 11.8 Å². The molecule has 1 saturated heterocycles. The van der Waals surface area contributed by atoms with Gasteiger partial charge in [-0.3, -0.25) is 19.2 Å². The van der Waals surface area contributed by atoms with E-state index in [-0.39, 0.29) is 6.61 Å². The zero-order chi connectivity index (χ0) is 19.1. The number of hydrogen-bond acceptors (Lipinski definition) is 10. The van der Waals surface area contributed by atoms with Gasteiger partial charge in [0.25, 0.3) is 0 Å². The summed E-state index contributed by atoms with van der Waals surface area (Å²) in [5, 5.41) is 0. The van der Waals surface area contributed by atoms with Crippen molar-refractivity contribution in [3.8, 4) is 0 Å². The monoisotopic (exact) mass is 378 g/mol. The Kier molecular flexibility index (Phi) is 8.17. The summed E-state index contributed by atoms with van der Waals surface area (Å²) in [6.45, 7) is 4.57. The molecule has 0 radical (unpaired) electrons. The van der Waals surface area contributed by atoms with Crippen LogP contribution in [-0.2, 0) is 42.9 Å². The molecule has 0 bridgehead atoms. The van der Waals surface area contributed by atoms with Crippen molar-refractivity contribution in [1.29, 1.82) is 0 Å². The number of hydrogen-bond donors (Lipinski definition) is 0. The van der Waals surface area contributed by atoms with Crippen molar-refractivity contribution in [3.63, 3.8) is 0 Å². The summed E-state index contributed by atoms with van der Waals surface area (Å²) < 4.78 is 26.4. The molecule has 0 N–H and O–H groups in total. The van der Waals surface area contributed by atoms with E-state index in [0.29, 0.717) is 0 Å². The maximum atomic E-state index is 11.5. The Morgan fingerprint density at radius 3 is 1.72 bits per heavy atom. The van der Waals surface area contributed by atoms with Crippen molar-refractivity contribution in [1.82, 2.24) is 0 Å². The first-order valence-electron chi connectivity index (χ1n) is 7.49. The third-order valence-corrected chi connectivity index (χ3v) is 4.02. The van der Waals surface area contributed by atoms with Gasteiger partial charge >= 0.3 is 23.9 Å². The number of ether oxygens (including phenoxy) is 5. The minimum Gasteiger partial charge on any atom is -0.463 e. The topological polar surface area (TPSA) is 114 Å². The predicted octanol–water partition coefficient (Wildman–Crippen LogP) is 0.432. The highest BCUT2D eigenvalue weighted by molar-refractivity contribution is 7.99. The van der Waals surface area contributed by atoms with Gasteiger partial charge in [-0.1, -0.05) is 0 Å². The minimum atomic E-state index is -1.10. The zero-order valence-electron chi connectivity index (χ0n) is 14.7. The Morgan fingerprint density at radius 1 is 0.800 bits per heavy atom. The molecular weight excluding hydrogens is 356 g/mol. The molecule has 1 heterocycles. The van der Waals surface area contributed by atoms with Gasteiger partial charge < -0.3 is 23.7 Å². The second-order valence-electron chi connectivity index (χ2n) is 5.30. The molecule has 142 valence electrons. The molecule has 1 aliphatic heterocycles. The van der Waals surface area contributed by atoms with E-state index in [1.54, 1.807) is 6.26 Å². The van der Waals surface area contributed by atoms with Crippen molar-refractivity contribution in [2.75, 3.05) is 12.9 Å². The third kappa shape index (κ3) is 6.54. The van der Waals surface area contributed by atoms with E-state index in [0.717, 1.165) is 0 Å². The largest absolute Gasteiger partial charge is 0.463 e. The van der Waals surface area contributed by atoms with Crippen LogP contribution < -0.4 is 0 Å². The highest BCUT2D eigenvalue weighted by Crippen LogP contribution is 2.33. The molecule has 5 atom stereocenters. The van der Waals surface area contributed by atoms with E-state index >= 15 is 0 Å². The van der Waals surface area contributed by atoms with Crippen LogP contribution in [0.15, 0.2) is 0 Å². The third-order valence-electron chi connectivity index (χ3n) is 3.18. The number of esters is 4. The van der Waals surface area contributed by atoms with Crippen molar-refractivity contribution in [3.05, 3.63) is 0 Å². The smallest absolute Gasteiger partial charge is 0.303 e. The SMILES string of the molecule is CSC1O[C@H](COC(C)=O)[C@H](OC(C)=O)[C@H](OC(C)=O)[C@H]1OC(C)=O. The molecule has 25 heavy (non-hydrogen) atoms. The van der Waals surface area contributed by atoms with Crippen LogP contribution in [0.5, 0.6) is 0 Å². The fourth-order valence-electron chi connectivity index (χ4n) is 2.38. The van der Waals surface area contributed by atoms with Crippen molar-refractivity contribution in [2.24, 2.45) is 0 Å². The summed E-state index contributed by atoms with van der Waals surface area (Å²) in [5.74, 6) is -2.45. The van der Waals surface area contributed by atoms with E-state index in [4.69, 9.17) is 23.7 Å². The lowest BCUT2D eigenvalue weighted by molar-refractivity contribution is -0.237. The van der Waals surface area contributed by atoms with Gasteiger partial charge in [0.1, 0.15) is 18.1 Å². The summed E-state index contributed by atoms with van der Waals surface area (Å²) in [4.78, 5) is 45.5. The molecule has 0 spiro atoms. The summed E-state index contributed by atoms with van der Waals surface area (Å²) in [6.07, 6.45) is -2.37. The van der Waals surface area contributed by atoms with Crippen LogP contribution in [-0.4, -0.2) is 66.6 Å².